The van der Waals surface area contributed by atoms with Crippen molar-refractivity contribution in [1.29, 1.82) is 0 Å². The van der Waals surface area contributed by atoms with Gasteiger partial charge in [0.2, 0.25) is 0 Å². The van der Waals surface area contributed by atoms with Crippen molar-refractivity contribution in [2.75, 3.05) is 6.54 Å². The Balaban J connectivity index is 2.20. The molecule has 0 amide bonds. The summed E-state index contributed by atoms with van der Waals surface area (Å²) >= 11 is 0. The molecule has 4 N–H and O–H groups in total. The molecular weight excluding hydrogens is 250 g/mol. The maximum Gasteiger partial charge on any atom is 0.125 e. The van der Waals surface area contributed by atoms with E-state index in [-0.39, 0.29) is 0 Å². The van der Waals surface area contributed by atoms with E-state index >= 15 is 0 Å². The molecule has 3 heteroatoms. The number of nitrogens with two attached hydrogens (primary N) is 1. The quantitative estimate of drug-likeness (QED) is 0.740. The van der Waals surface area contributed by atoms with Gasteiger partial charge < -0.3 is 15.9 Å². The largest absolute Gasteiger partial charge is 0.388 e. The fraction of sp³-hybridized carbons (Fsp3) is 0.529. The zero-order valence-corrected chi connectivity index (χ0v) is 11.7. The van der Waals surface area contributed by atoms with Crippen LogP contribution in [0.4, 0.5) is 0 Å². The maximum atomic E-state index is 10.4. The lowest BCUT2D eigenvalue weighted by atomic mass is 9.85. The van der Waals surface area contributed by atoms with Gasteiger partial charge in [-0.25, -0.2) is 0 Å². The number of rotatable bonds is 3. The molecule has 1 aromatic rings. The highest BCUT2D eigenvalue weighted by atomic mass is 16.3. The highest BCUT2D eigenvalue weighted by Crippen LogP contribution is 2.27. The molecule has 0 aromatic heterocycles. The van der Waals surface area contributed by atoms with Crippen molar-refractivity contribution < 1.29 is 11.6 Å². The van der Waals surface area contributed by atoms with Crippen molar-refractivity contribution in [3.63, 3.8) is 0 Å². The van der Waals surface area contributed by atoms with Crippen molar-refractivity contribution in [2.45, 2.75) is 50.2 Å². The summed E-state index contributed by atoms with van der Waals surface area (Å²) in [5.41, 5.74) is 5.87. The summed E-state index contributed by atoms with van der Waals surface area (Å²) < 4.78 is 7.80. The molecule has 0 bridgehead atoms. The topological polar surface area (TPSA) is 66.5 Å². The fourth-order valence-electron chi connectivity index (χ4n) is 2.53. The molecule has 0 spiro atoms. The molecule has 1 atom stereocenters. The van der Waals surface area contributed by atoms with Gasteiger partial charge in [-0.05, 0) is 56.3 Å². The van der Waals surface area contributed by atoms with Gasteiger partial charge in [-0.1, -0.05) is 30.4 Å². The van der Waals surface area contributed by atoms with Crippen LogP contribution in [0.3, 0.4) is 0 Å². The van der Waals surface area contributed by atoms with E-state index in [1.807, 2.05) is 0 Å². The third-order valence-corrected chi connectivity index (χ3v) is 3.76. The van der Waals surface area contributed by atoms with Crippen molar-refractivity contribution >= 4 is 0 Å². The smallest absolute Gasteiger partial charge is 0.125 e. The summed E-state index contributed by atoms with van der Waals surface area (Å²) in [5.74, 6) is 5.93. The number of hydrogen-bond donors (Lipinski definition) is 3. The van der Waals surface area contributed by atoms with Crippen LogP contribution in [0.1, 0.15) is 57.1 Å². The second kappa shape index (κ2) is 6.90. The van der Waals surface area contributed by atoms with Gasteiger partial charge >= 0.3 is 0 Å². The molecule has 1 saturated carbocycles. The molecule has 0 heterocycles. The average Bonchev–Trinajstić information content (AvgIpc) is 2.46. The molecule has 1 aromatic carbocycles. The number of benzene rings is 1. The minimum atomic E-state index is -0.897. The van der Waals surface area contributed by atoms with E-state index in [9.17, 15) is 10.2 Å². The van der Waals surface area contributed by atoms with Crippen LogP contribution < -0.4 is 5.73 Å². The average molecular weight is 274 g/mol. The van der Waals surface area contributed by atoms with Gasteiger partial charge in [0.1, 0.15) is 5.60 Å². The van der Waals surface area contributed by atoms with E-state index in [2.05, 4.69) is 11.8 Å². The fourth-order valence-corrected chi connectivity index (χ4v) is 2.53. The summed E-state index contributed by atoms with van der Waals surface area (Å²) in [5, 5.41) is 20.4. The van der Waals surface area contributed by atoms with Crippen LogP contribution in [0.15, 0.2) is 24.2 Å². The van der Waals surface area contributed by atoms with E-state index in [0.717, 1.165) is 19.3 Å². The van der Waals surface area contributed by atoms with Crippen LogP contribution in [0.2, 0.25) is 0 Å². The van der Waals surface area contributed by atoms with Crippen molar-refractivity contribution in [3.8, 4) is 11.8 Å². The van der Waals surface area contributed by atoms with Crippen LogP contribution in [0.5, 0.6) is 0 Å². The SMILES string of the molecule is [2H]c1cc(C#CC2(O)CCCCC2)cc(C(O)CCN)c1. The Bertz CT molecular complexity index is 541. The first-order chi connectivity index (χ1) is 10.0. The van der Waals surface area contributed by atoms with Crippen molar-refractivity contribution in [1.82, 2.24) is 0 Å². The molecule has 1 unspecified atom stereocenters. The summed E-state index contributed by atoms with van der Waals surface area (Å²) in [6.45, 7) is 0.393. The Labute approximate surface area is 122 Å². The lowest BCUT2D eigenvalue weighted by Crippen LogP contribution is -2.29. The van der Waals surface area contributed by atoms with Gasteiger partial charge in [-0.15, -0.1) is 0 Å². The molecule has 0 saturated heterocycles. The zero-order valence-electron chi connectivity index (χ0n) is 12.7. The lowest BCUT2D eigenvalue weighted by Gasteiger charge is -2.26. The van der Waals surface area contributed by atoms with Gasteiger partial charge in [0, 0.05) is 5.56 Å². The third kappa shape index (κ3) is 4.08. The Kier molecular flexibility index (Phi) is 4.70. The van der Waals surface area contributed by atoms with Gasteiger partial charge in [-0.3, -0.25) is 0 Å². The predicted molar refractivity (Wildman–Crippen MR) is 80.0 cm³/mol. The highest BCUT2D eigenvalue weighted by Gasteiger charge is 2.26. The summed E-state index contributed by atoms with van der Waals surface area (Å²) in [4.78, 5) is 0. The van der Waals surface area contributed by atoms with Crippen molar-refractivity contribution in [2.24, 2.45) is 5.73 Å². The molecule has 3 nitrogen and oxygen atoms in total. The van der Waals surface area contributed by atoms with E-state index in [0.29, 0.717) is 43.0 Å². The maximum absolute atomic E-state index is 10.4. The molecule has 1 aliphatic carbocycles. The minimum Gasteiger partial charge on any atom is -0.388 e. The van der Waals surface area contributed by atoms with Gasteiger partial charge in [0.15, 0.2) is 0 Å². The number of hydrogen-bond acceptors (Lipinski definition) is 3. The van der Waals surface area contributed by atoms with Crippen LogP contribution >= 0.6 is 0 Å². The standard InChI is InChI=1S/C17H23NO2/c18-12-8-16(19)15-6-4-5-14(13-15)7-11-17(20)9-2-1-3-10-17/h4-6,13,16,19-20H,1-3,8-10,12,18H2/i4D. The first-order valence-electron chi connectivity index (χ1n) is 7.78. The lowest BCUT2D eigenvalue weighted by molar-refractivity contribution is 0.0610. The molecule has 0 aliphatic heterocycles. The Hall–Kier alpha value is -1.34. The molecule has 1 aliphatic rings. The summed E-state index contributed by atoms with van der Waals surface area (Å²) in [6.07, 6.45) is 4.38. The van der Waals surface area contributed by atoms with E-state index < -0.39 is 11.7 Å². The van der Waals surface area contributed by atoms with E-state index in [1.165, 1.54) is 0 Å². The molecule has 1 fully saturated rings. The van der Waals surface area contributed by atoms with E-state index in [4.69, 9.17) is 7.10 Å². The molecule has 0 radical (unpaired) electrons. The molecule has 20 heavy (non-hydrogen) atoms. The first-order valence-corrected chi connectivity index (χ1v) is 7.28. The second-order valence-corrected chi connectivity index (χ2v) is 5.49. The van der Waals surface area contributed by atoms with Crippen LogP contribution in [0.25, 0.3) is 0 Å². The highest BCUT2D eigenvalue weighted by molar-refractivity contribution is 5.39. The van der Waals surface area contributed by atoms with Crippen LogP contribution in [-0.4, -0.2) is 22.4 Å². The summed E-state index contributed by atoms with van der Waals surface area (Å²) in [7, 11) is 0. The molecular formula is C17H23NO2. The van der Waals surface area contributed by atoms with Crippen molar-refractivity contribution in [3.05, 3.63) is 35.4 Å². The minimum absolute atomic E-state index is 0.309. The van der Waals surface area contributed by atoms with Gasteiger partial charge in [-0.2, -0.15) is 0 Å². The van der Waals surface area contributed by atoms with E-state index in [1.54, 1.807) is 18.2 Å². The Morgan fingerprint density at radius 2 is 2.10 bits per heavy atom. The normalized spacial score (nSPS) is 19.6. The first kappa shape index (κ1) is 13.6. The second-order valence-electron chi connectivity index (χ2n) is 5.49. The molecule has 2 rings (SSSR count). The number of aliphatic hydroxyl groups is 2. The Morgan fingerprint density at radius 3 is 2.80 bits per heavy atom. The van der Waals surface area contributed by atoms with Crippen LogP contribution in [-0.2, 0) is 0 Å². The monoisotopic (exact) mass is 274 g/mol. The van der Waals surface area contributed by atoms with Gasteiger partial charge in [0.05, 0.1) is 7.47 Å². The van der Waals surface area contributed by atoms with Crippen LogP contribution in [0, 0.1) is 11.8 Å². The predicted octanol–water partition coefficient (Wildman–Crippen LogP) is 2.12. The Morgan fingerprint density at radius 1 is 1.35 bits per heavy atom. The van der Waals surface area contributed by atoms with Gasteiger partial charge in [0.25, 0.3) is 0 Å². The molecule has 108 valence electrons. The third-order valence-electron chi connectivity index (χ3n) is 3.76. The summed E-state index contributed by atoms with van der Waals surface area (Å²) in [6, 6.07) is 5.36. The zero-order chi connectivity index (χ0) is 15.3. The number of aliphatic hydroxyl groups excluding tert-OH is 1.